The fourth-order valence-electron chi connectivity index (χ4n) is 2.58. The Kier molecular flexibility index (Phi) is 4.92. The van der Waals surface area contributed by atoms with Crippen molar-refractivity contribution in [1.82, 2.24) is 10.2 Å². The van der Waals surface area contributed by atoms with Crippen molar-refractivity contribution in [2.24, 2.45) is 0 Å². The predicted molar refractivity (Wildman–Crippen MR) is 88.3 cm³/mol. The molecule has 1 aliphatic heterocycles. The molecule has 1 N–H and O–H groups in total. The van der Waals surface area contributed by atoms with Gasteiger partial charge >= 0.3 is 0 Å². The van der Waals surface area contributed by atoms with E-state index in [1.165, 1.54) is 11.3 Å². The van der Waals surface area contributed by atoms with Gasteiger partial charge in [-0.2, -0.15) is 0 Å². The molecule has 6 heteroatoms. The SMILES string of the molecule is O=C1NCCN(C(=O)CCOc2ccccc2)C1c1cccs1. The molecule has 1 fully saturated rings. The van der Waals surface area contributed by atoms with Crippen LogP contribution in [-0.2, 0) is 9.59 Å². The van der Waals surface area contributed by atoms with E-state index in [0.717, 1.165) is 10.6 Å². The van der Waals surface area contributed by atoms with E-state index in [1.54, 1.807) is 4.90 Å². The van der Waals surface area contributed by atoms with Crippen LogP contribution in [0.1, 0.15) is 17.3 Å². The summed E-state index contributed by atoms with van der Waals surface area (Å²) < 4.78 is 5.57. The summed E-state index contributed by atoms with van der Waals surface area (Å²) in [6.07, 6.45) is 0.254. The summed E-state index contributed by atoms with van der Waals surface area (Å²) in [6, 6.07) is 12.7. The molecule has 2 amide bonds. The first-order chi connectivity index (χ1) is 11.3. The van der Waals surface area contributed by atoms with Gasteiger partial charge < -0.3 is 15.0 Å². The zero-order valence-corrected chi connectivity index (χ0v) is 13.4. The van der Waals surface area contributed by atoms with Crippen molar-refractivity contribution in [1.29, 1.82) is 0 Å². The minimum atomic E-state index is -0.520. The zero-order chi connectivity index (χ0) is 16.1. The van der Waals surface area contributed by atoms with E-state index in [1.807, 2.05) is 47.8 Å². The topological polar surface area (TPSA) is 58.6 Å². The molecule has 1 aliphatic rings. The molecule has 1 saturated heterocycles. The molecular formula is C17H18N2O3S. The lowest BCUT2D eigenvalue weighted by Gasteiger charge is -2.34. The predicted octanol–water partition coefficient (Wildman–Crippen LogP) is 2.22. The Labute approximate surface area is 138 Å². The van der Waals surface area contributed by atoms with Crippen LogP contribution >= 0.6 is 11.3 Å². The fourth-order valence-corrected chi connectivity index (χ4v) is 3.42. The number of carbonyl (C=O) groups is 2. The molecule has 5 nitrogen and oxygen atoms in total. The highest BCUT2D eigenvalue weighted by atomic mass is 32.1. The van der Waals surface area contributed by atoms with Crippen molar-refractivity contribution in [2.45, 2.75) is 12.5 Å². The van der Waals surface area contributed by atoms with Crippen LogP contribution in [0.4, 0.5) is 0 Å². The molecule has 2 aromatic rings. The second-order valence-electron chi connectivity index (χ2n) is 5.21. The van der Waals surface area contributed by atoms with Gasteiger partial charge in [-0.1, -0.05) is 24.3 Å². The van der Waals surface area contributed by atoms with Gasteiger partial charge in [0.15, 0.2) is 0 Å². The Morgan fingerprint density at radius 3 is 2.83 bits per heavy atom. The first kappa shape index (κ1) is 15.6. The minimum Gasteiger partial charge on any atom is -0.493 e. The third-order valence-electron chi connectivity index (χ3n) is 3.67. The molecule has 0 radical (unpaired) electrons. The highest BCUT2D eigenvalue weighted by molar-refractivity contribution is 7.10. The number of hydrogen-bond acceptors (Lipinski definition) is 4. The van der Waals surface area contributed by atoms with Crippen LogP contribution in [0.25, 0.3) is 0 Å². The molecule has 23 heavy (non-hydrogen) atoms. The number of nitrogens with one attached hydrogen (secondary N) is 1. The van der Waals surface area contributed by atoms with Crippen LogP contribution in [0.3, 0.4) is 0 Å². The van der Waals surface area contributed by atoms with Crippen molar-refractivity contribution in [3.05, 3.63) is 52.7 Å². The number of para-hydroxylation sites is 1. The van der Waals surface area contributed by atoms with E-state index in [-0.39, 0.29) is 18.2 Å². The van der Waals surface area contributed by atoms with Crippen molar-refractivity contribution in [3.63, 3.8) is 0 Å². The molecule has 0 aliphatic carbocycles. The Balaban J connectivity index is 1.61. The zero-order valence-electron chi connectivity index (χ0n) is 12.6. The van der Waals surface area contributed by atoms with Gasteiger partial charge in [0.2, 0.25) is 11.8 Å². The van der Waals surface area contributed by atoms with Crippen molar-refractivity contribution < 1.29 is 14.3 Å². The molecule has 120 valence electrons. The van der Waals surface area contributed by atoms with E-state index in [4.69, 9.17) is 4.74 Å². The third-order valence-corrected chi connectivity index (χ3v) is 4.60. The maximum Gasteiger partial charge on any atom is 0.248 e. The number of rotatable bonds is 5. The number of piperazine rings is 1. The number of amides is 2. The second kappa shape index (κ2) is 7.28. The molecule has 0 saturated carbocycles. The largest absolute Gasteiger partial charge is 0.493 e. The van der Waals surface area contributed by atoms with Gasteiger partial charge in [-0.05, 0) is 23.6 Å². The van der Waals surface area contributed by atoms with Gasteiger partial charge in [-0.25, -0.2) is 0 Å². The Morgan fingerprint density at radius 1 is 1.26 bits per heavy atom. The number of benzene rings is 1. The van der Waals surface area contributed by atoms with Crippen LogP contribution in [-0.4, -0.2) is 36.4 Å². The first-order valence-electron chi connectivity index (χ1n) is 7.54. The smallest absolute Gasteiger partial charge is 0.248 e. The summed E-state index contributed by atoms with van der Waals surface area (Å²) in [5.74, 6) is 0.566. The molecule has 1 aromatic heterocycles. The second-order valence-corrected chi connectivity index (χ2v) is 6.19. The quantitative estimate of drug-likeness (QED) is 0.914. The summed E-state index contributed by atoms with van der Waals surface area (Å²) in [6.45, 7) is 1.32. The number of nitrogens with zero attached hydrogens (tertiary/aromatic N) is 1. The molecule has 0 bridgehead atoms. The molecule has 1 unspecified atom stereocenters. The fraction of sp³-hybridized carbons (Fsp3) is 0.294. The number of ether oxygens (including phenoxy) is 1. The molecule has 3 rings (SSSR count). The molecule has 1 atom stereocenters. The Morgan fingerprint density at radius 2 is 2.09 bits per heavy atom. The van der Waals surface area contributed by atoms with E-state index >= 15 is 0 Å². The Hall–Kier alpha value is -2.34. The summed E-state index contributed by atoms with van der Waals surface area (Å²) in [4.78, 5) is 27.2. The average Bonchev–Trinajstić information content (AvgIpc) is 3.09. The van der Waals surface area contributed by atoms with Gasteiger partial charge in [0, 0.05) is 18.0 Å². The lowest BCUT2D eigenvalue weighted by Crippen LogP contribution is -2.52. The number of hydrogen-bond donors (Lipinski definition) is 1. The van der Waals surface area contributed by atoms with Crippen LogP contribution < -0.4 is 10.1 Å². The van der Waals surface area contributed by atoms with Crippen molar-refractivity contribution in [3.8, 4) is 5.75 Å². The summed E-state index contributed by atoms with van der Waals surface area (Å²) in [7, 11) is 0. The summed E-state index contributed by atoms with van der Waals surface area (Å²) in [5.41, 5.74) is 0. The van der Waals surface area contributed by atoms with Crippen LogP contribution in [0.2, 0.25) is 0 Å². The van der Waals surface area contributed by atoms with Crippen LogP contribution in [0.15, 0.2) is 47.8 Å². The van der Waals surface area contributed by atoms with Crippen molar-refractivity contribution in [2.75, 3.05) is 19.7 Å². The monoisotopic (exact) mass is 330 g/mol. The minimum absolute atomic E-state index is 0.0609. The highest BCUT2D eigenvalue weighted by Gasteiger charge is 2.34. The van der Waals surface area contributed by atoms with Gasteiger partial charge in [0.25, 0.3) is 0 Å². The van der Waals surface area contributed by atoms with E-state index in [0.29, 0.717) is 19.7 Å². The molecular weight excluding hydrogens is 312 g/mol. The number of carbonyl (C=O) groups excluding carboxylic acids is 2. The molecule has 1 aromatic carbocycles. The molecule has 0 spiro atoms. The van der Waals surface area contributed by atoms with E-state index in [2.05, 4.69) is 5.32 Å². The number of thiophene rings is 1. The average molecular weight is 330 g/mol. The lowest BCUT2D eigenvalue weighted by atomic mass is 10.1. The van der Waals surface area contributed by atoms with Crippen LogP contribution in [0.5, 0.6) is 5.75 Å². The normalized spacial score (nSPS) is 17.7. The van der Waals surface area contributed by atoms with Gasteiger partial charge in [0.1, 0.15) is 11.8 Å². The van der Waals surface area contributed by atoms with Crippen molar-refractivity contribution >= 4 is 23.2 Å². The standard InChI is InChI=1S/C17H18N2O3S/c20-15(8-11-22-13-5-2-1-3-6-13)19-10-9-18-17(21)16(19)14-7-4-12-23-14/h1-7,12,16H,8-11H2,(H,18,21). The maximum atomic E-state index is 12.5. The van der Waals surface area contributed by atoms with Crippen LogP contribution in [0, 0.1) is 0 Å². The Bertz CT molecular complexity index is 658. The summed E-state index contributed by atoms with van der Waals surface area (Å²) >= 11 is 1.49. The lowest BCUT2D eigenvalue weighted by molar-refractivity contribution is -0.143. The van der Waals surface area contributed by atoms with Gasteiger partial charge in [0.05, 0.1) is 13.0 Å². The first-order valence-corrected chi connectivity index (χ1v) is 8.42. The highest BCUT2D eigenvalue weighted by Crippen LogP contribution is 2.27. The molecule has 2 heterocycles. The van der Waals surface area contributed by atoms with E-state index in [9.17, 15) is 9.59 Å². The summed E-state index contributed by atoms with van der Waals surface area (Å²) in [5, 5.41) is 4.74. The van der Waals surface area contributed by atoms with Gasteiger partial charge in [-0.3, -0.25) is 9.59 Å². The van der Waals surface area contributed by atoms with E-state index < -0.39 is 6.04 Å². The third kappa shape index (κ3) is 3.71. The van der Waals surface area contributed by atoms with Gasteiger partial charge in [-0.15, -0.1) is 11.3 Å². The maximum absolute atomic E-state index is 12.5.